The molecule has 24 heavy (non-hydrogen) atoms. The summed E-state index contributed by atoms with van der Waals surface area (Å²) in [5.74, 6) is 0.553. The standard InChI is InChI=1S/C16H19N3O4S/c1-9(10-5-6-12(22-3)13(7-10)23-4)18-14(20)11-8-24-16(19-11)15(21)17-2/h5-9H,1-4H3,(H,17,21)(H,18,20). The first-order valence-corrected chi connectivity index (χ1v) is 8.08. The van der Waals surface area contributed by atoms with Gasteiger partial charge in [0, 0.05) is 12.4 Å². The first-order chi connectivity index (χ1) is 11.5. The van der Waals surface area contributed by atoms with Crippen molar-refractivity contribution in [3.8, 4) is 11.5 Å². The van der Waals surface area contributed by atoms with E-state index in [1.807, 2.05) is 13.0 Å². The number of thiazole rings is 1. The van der Waals surface area contributed by atoms with Gasteiger partial charge in [-0.2, -0.15) is 0 Å². The molecule has 1 aromatic heterocycles. The number of ether oxygens (including phenoxy) is 2. The smallest absolute Gasteiger partial charge is 0.280 e. The van der Waals surface area contributed by atoms with E-state index < -0.39 is 0 Å². The number of carbonyl (C=O) groups excluding carboxylic acids is 2. The van der Waals surface area contributed by atoms with Crippen molar-refractivity contribution in [1.29, 1.82) is 0 Å². The summed E-state index contributed by atoms with van der Waals surface area (Å²) in [4.78, 5) is 27.8. The predicted molar refractivity (Wildman–Crippen MR) is 90.9 cm³/mol. The minimum atomic E-state index is -0.344. The number of hydrogen-bond donors (Lipinski definition) is 2. The lowest BCUT2D eigenvalue weighted by atomic mass is 10.1. The third-order valence-corrected chi connectivity index (χ3v) is 4.25. The fourth-order valence-electron chi connectivity index (χ4n) is 2.07. The lowest BCUT2D eigenvalue weighted by Crippen LogP contribution is -2.27. The molecule has 1 heterocycles. The highest BCUT2D eigenvalue weighted by Crippen LogP contribution is 2.29. The summed E-state index contributed by atoms with van der Waals surface area (Å²) >= 11 is 1.12. The van der Waals surface area contributed by atoms with Crippen molar-refractivity contribution in [3.63, 3.8) is 0 Å². The van der Waals surface area contributed by atoms with Crippen LogP contribution in [0.2, 0.25) is 0 Å². The van der Waals surface area contributed by atoms with E-state index in [4.69, 9.17) is 9.47 Å². The van der Waals surface area contributed by atoms with E-state index in [0.717, 1.165) is 16.9 Å². The maximum Gasteiger partial charge on any atom is 0.280 e. The summed E-state index contributed by atoms with van der Waals surface area (Å²) < 4.78 is 10.5. The number of carbonyl (C=O) groups is 2. The summed E-state index contributed by atoms with van der Waals surface area (Å²) in [6.45, 7) is 1.85. The van der Waals surface area contributed by atoms with Gasteiger partial charge in [0.25, 0.3) is 11.8 Å². The van der Waals surface area contributed by atoms with Crippen LogP contribution >= 0.6 is 11.3 Å². The normalized spacial score (nSPS) is 11.5. The lowest BCUT2D eigenvalue weighted by molar-refractivity contribution is 0.0935. The quantitative estimate of drug-likeness (QED) is 0.833. The maximum absolute atomic E-state index is 12.3. The van der Waals surface area contributed by atoms with Gasteiger partial charge >= 0.3 is 0 Å². The van der Waals surface area contributed by atoms with E-state index in [1.165, 1.54) is 7.05 Å². The van der Waals surface area contributed by atoms with Crippen LogP contribution in [-0.2, 0) is 0 Å². The fourth-order valence-corrected chi connectivity index (χ4v) is 2.81. The summed E-state index contributed by atoms with van der Waals surface area (Å²) in [5, 5.41) is 7.13. The van der Waals surface area contributed by atoms with Crippen LogP contribution in [0.25, 0.3) is 0 Å². The molecule has 7 nitrogen and oxygen atoms in total. The Hall–Kier alpha value is -2.61. The minimum Gasteiger partial charge on any atom is -0.493 e. The Morgan fingerprint density at radius 3 is 2.50 bits per heavy atom. The second kappa shape index (κ2) is 7.78. The molecule has 0 saturated carbocycles. The maximum atomic E-state index is 12.3. The van der Waals surface area contributed by atoms with Crippen LogP contribution in [0.15, 0.2) is 23.6 Å². The highest BCUT2D eigenvalue weighted by atomic mass is 32.1. The molecule has 0 fully saturated rings. The third-order valence-electron chi connectivity index (χ3n) is 3.41. The van der Waals surface area contributed by atoms with Gasteiger partial charge < -0.3 is 20.1 Å². The zero-order valence-corrected chi connectivity index (χ0v) is 14.7. The summed E-state index contributed by atoms with van der Waals surface area (Å²) in [7, 11) is 4.64. The van der Waals surface area contributed by atoms with Crippen LogP contribution in [0.4, 0.5) is 0 Å². The van der Waals surface area contributed by atoms with E-state index >= 15 is 0 Å². The molecule has 1 atom stereocenters. The zero-order chi connectivity index (χ0) is 17.7. The highest BCUT2D eigenvalue weighted by Gasteiger charge is 2.18. The Kier molecular flexibility index (Phi) is 5.75. The Balaban J connectivity index is 2.11. The van der Waals surface area contributed by atoms with E-state index in [0.29, 0.717) is 11.5 Å². The Morgan fingerprint density at radius 2 is 1.88 bits per heavy atom. The van der Waals surface area contributed by atoms with Crippen LogP contribution in [0, 0.1) is 0 Å². The Bertz CT molecular complexity index is 745. The summed E-state index contributed by atoms with van der Waals surface area (Å²) in [5.41, 5.74) is 1.08. The first kappa shape index (κ1) is 17.7. The second-order valence-electron chi connectivity index (χ2n) is 4.93. The van der Waals surface area contributed by atoms with E-state index in [9.17, 15) is 9.59 Å². The van der Waals surface area contributed by atoms with E-state index in [2.05, 4.69) is 15.6 Å². The van der Waals surface area contributed by atoms with Crippen LogP contribution in [0.5, 0.6) is 11.5 Å². The molecule has 2 rings (SSSR count). The summed E-state index contributed by atoms with van der Waals surface area (Å²) in [6, 6.07) is 5.18. The van der Waals surface area contributed by atoms with Crippen LogP contribution < -0.4 is 20.1 Å². The molecule has 0 spiro atoms. The zero-order valence-electron chi connectivity index (χ0n) is 13.9. The molecular formula is C16H19N3O4S. The van der Waals surface area contributed by atoms with Crippen molar-refractivity contribution in [2.45, 2.75) is 13.0 Å². The molecule has 0 radical (unpaired) electrons. The molecule has 0 bridgehead atoms. The van der Waals surface area contributed by atoms with Crippen LogP contribution in [-0.4, -0.2) is 38.1 Å². The van der Waals surface area contributed by atoms with Gasteiger partial charge in [-0.1, -0.05) is 6.07 Å². The highest BCUT2D eigenvalue weighted by molar-refractivity contribution is 7.11. The molecule has 1 aromatic carbocycles. The summed E-state index contributed by atoms with van der Waals surface area (Å²) in [6.07, 6.45) is 0. The average molecular weight is 349 g/mol. The van der Waals surface area contributed by atoms with Gasteiger partial charge in [0.05, 0.1) is 20.3 Å². The van der Waals surface area contributed by atoms with Crippen molar-refractivity contribution in [3.05, 3.63) is 39.8 Å². The largest absolute Gasteiger partial charge is 0.493 e. The number of benzene rings is 1. The Labute approximate surface area is 144 Å². The van der Waals surface area contributed by atoms with Crippen molar-refractivity contribution < 1.29 is 19.1 Å². The van der Waals surface area contributed by atoms with Crippen molar-refractivity contribution in [2.24, 2.45) is 0 Å². The number of rotatable bonds is 6. The van der Waals surface area contributed by atoms with Gasteiger partial charge in [0.15, 0.2) is 16.5 Å². The van der Waals surface area contributed by atoms with Crippen molar-refractivity contribution >= 4 is 23.2 Å². The molecule has 0 saturated heterocycles. The number of hydrogen-bond acceptors (Lipinski definition) is 6. The molecule has 2 N–H and O–H groups in total. The van der Waals surface area contributed by atoms with Gasteiger partial charge in [-0.25, -0.2) is 4.98 Å². The van der Waals surface area contributed by atoms with Gasteiger partial charge in [-0.15, -0.1) is 11.3 Å². The molecule has 0 aliphatic carbocycles. The lowest BCUT2D eigenvalue weighted by Gasteiger charge is -2.16. The first-order valence-electron chi connectivity index (χ1n) is 7.20. The SMILES string of the molecule is CNC(=O)c1nc(C(=O)NC(C)c2ccc(OC)c(OC)c2)cs1. The number of aromatic nitrogens is 1. The topological polar surface area (TPSA) is 89.6 Å². The van der Waals surface area contributed by atoms with E-state index in [-0.39, 0.29) is 28.6 Å². The molecule has 2 aromatic rings. The molecular weight excluding hydrogens is 330 g/mol. The molecule has 128 valence electrons. The number of nitrogens with zero attached hydrogens (tertiary/aromatic N) is 1. The monoisotopic (exact) mass is 349 g/mol. The molecule has 8 heteroatoms. The molecule has 2 amide bonds. The number of amides is 2. The predicted octanol–water partition coefficient (Wildman–Crippen LogP) is 2.01. The molecule has 0 aliphatic rings. The average Bonchev–Trinajstić information content (AvgIpc) is 3.10. The molecule has 0 aliphatic heterocycles. The number of methoxy groups -OCH3 is 2. The number of nitrogens with one attached hydrogen (secondary N) is 2. The molecule has 1 unspecified atom stereocenters. The van der Waals surface area contributed by atoms with Gasteiger partial charge in [0.1, 0.15) is 5.69 Å². The minimum absolute atomic E-state index is 0.214. The van der Waals surface area contributed by atoms with Crippen molar-refractivity contribution in [1.82, 2.24) is 15.6 Å². The van der Waals surface area contributed by atoms with Crippen LogP contribution in [0.1, 0.15) is 38.8 Å². The van der Waals surface area contributed by atoms with Gasteiger partial charge in [0.2, 0.25) is 0 Å². The van der Waals surface area contributed by atoms with Gasteiger partial charge in [-0.05, 0) is 24.6 Å². The second-order valence-corrected chi connectivity index (χ2v) is 5.78. The Morgan fingerprint density at radius 1 is 1.17 bits per heavy atom. The fraction of sp³-hybridized carbons (Fsp3) is 0.312. The van der Waals surface area contributed by atoms with Crippen LogP contribution in [0.3, 0.4) is 0 Å². The van der Waals surface area contributed by atoms with E-state index in [1.54, 1.807) is 31.7 Å². The van der Waals surface area contributed by atoms with Gasteiger partial charge in [-0.3, -0.25) is 9.59 Å². The third kappa shape index (κ3) is 3.83. The van der Waals surface area contributed by atoms with Crippen molar-refractivity contribution in [2.75, 3.05) is 21.3 Å².